The van der Waals surface area contributed by atoms with Crippen molar-refractivity contribution in [1.29, 1.82) is 5.26 Å². The molecule has 1 unspecified atom stereocenters. The fourth-order valence-electron chi connectivity index (χ4n) is 1.59. The van der Waals surface area contributed by atoms with Gasteiger partial charge in [0.05, 0.1) is 6.61 Å². The Kier molecular flexibility index (Phi) is 5.61. The number of methoxy groups -OCH3 is 1. The monoisotopic (exact) mass is 233 g/mol. The van der Waals surface area contributed by atoms with E-state index >= 15 is 0 Å². The van der Waals surface area contributed by atoms with E-state index in [4.69, 9.17) is 10.00 Å². The van der Waals surface area contributed by atoms with Crippen LogP contribution in [0.5, 0.6) is 0 Å². The third-order valence-electron chi connectivity index (χ3n) is 2.70. The summed E-state index contributed by atoms with van der Waals surface area (Å²) in [6.45, 7) is 5.60. The van der Waals surface area contributed by atoms with E-state index in [1.165, 1.54) is 0 Å². The first kappa shape index (κ1) is 13.6. The van der Waals surface area contributed by atoms with E-state index in [2.05, 4.69) is 30.2 Å². The highest BCUT2D eigenvalue weighted by Gasteiger charge is 2.13. The molecule has 1 aromatic rings. The maximum absolute atomic E-state index is 8.93. The second kappa shape index (κ2) is 7.00. The third kappa shape index (κ3) is 4.14. The van der Waals surface area contributed by atoms with Crippen molar-refractivity contribution in [3.8, 4) is 6.07 Å². The number of nitrogens with one attached hydrogen (secondary N) is 1. The molecule has 1 atom stereocenters. The molecular weight excluding hydrogens is 214 g/mol. The summed E-state index contributed by atoms with van der Waals surface area (Å²) >= 11 is 0. The van der Waals surface area contributed by atoms with E-state index in [-0.39, 0.29) is 6.04 Å². The summed E-state index contributed by atoms with van der Waals surface area (Å²) in [5.74, 6) is 0.483. The van der Waals surface area contributed by atoms with Crippen molar-refractivity contribution in [2.24, 2.45) is 5.92 Å². The van der Waals surface area contributed by atoms with Gasteiger partial charge in [0.2, 0.25) is 0 Å². The lowest BCUT2D eigenvalue weighted by Gasteiger charge is -2.21. The normalized spacial score (nSPS) is 12.4. The highest BCUT2D eigenvalue weighted by molar-refractivity contribution is 5.30. The van der Waals surface area contributed by atoms with Gasteiger partial charge in [0, 0.05) is 31.5 Å². The Morgan fingerprint density at radius 3 is 2.88 bits per heavy atom. The number of pyridine rings is 1. The summed E-state index contributed by atoms with van der Waals surface area (Å²) in [6.07, 6.45) is 1.64. The van der Waals surface area contributed by atoms with Crippen LogP contribution < -0.4 is 5.32 Å². The van der Waals surface area contributed by atoms with E-state index < -0.39 is 0 Å². The van der Waals surface area contributed by atoms with Crippen LogP contribution in [0.2, 0.25) is 0 Å². The Morgan fingerprint density at radius 1 is 1.53 bits per heavy atom. The van der Waals surface area contributed by atoms with Crippen LogP contribution in [0.15, 0.2) is 18.3 Å². The van der Waals surface area contributed by atoms with Crippen LogP contribution in [-0.4, -0.2) is 24.7 Å². The highest BCUT2D eigenvalue weighted by Crippen LogP contribution is 2.07. The Hall–Kier alpha value is -1.44. The van der Waals surface area contributed by atoms with E-state index in [9.17, 15) is 0 Å². The number of aromatic nitrogens is 1. The second-order valence-corrected chi connectivity index (χ2v) is 4.31. The molecular formula is C13H19N3O. The molecule has 0 radical (unpaired) electrons. The quantitative estimate of drug-likeness (QED) is 0.812. The van der Waals surface area contributed by atoms with E-state index in [0.717, 1.165) is 5.56 Å². The van der Waals surface area contributed by atoms with Crippen LogP contribution in [0, 0.1) is 17.2 Å². The Morgan fingerprint density at radius 2 is 2.29 bits per heavy atom. The lowest BCUT2D eigenvalue weighted by Crippen LogP contribution is -2.37. The average Bonchev–Trinajstić information content (AvgIpc) is 2.34. The van der Waals surface area contributed by atoms with Gasteiger partial charge in [0.25, 0.3) is 0 Å². The predicted molar refractivity (Wildman–Crippen MR) is 66.3 cm³/mol. The topological polar surface area (TPSA) is 57.9 Å². The summed E-state index contributed by atoms with van der Waals surface area (Å²) in [4.78, 5) is 4.03. The molecule has 17 heavy (non-hydrogen) atoms. The van der Waals surface area contributed by atoms with Crippen LogP contribution >= 0.6 is 0 Å². The van der Waals surface area contributed by atoms with Gasteiger partial charge in [0.15, 0.2) is 0 Å². The van der Waals surface area contributed by atoms with Crippen molar-refractivity contribution < 1.29 is 4.74 Å². The minimum Gasteiger partial charge on any atom is -0.383 e. The van der Waals surface area contributed by atoms with Crippen LogP contribution in [-0.2, 0) is 11.3 Å². The van der Waals surface area contributed by atoms with Gasteiger partial charge in [-0.2, -0.15) is 5.26 Å². The van der Waals surface area contributed by atoms with E-state index in [0.29, 0.717) is 24.8 Å². The summed E-state index contributed by atoms with van der Waals surface area (Å²) in [5.41, 5.74) is 1.41. The van der Waals surface area contributed by atoms with Crippen LogP contribution in [0.1, 0.15) is 25.1 Å². The molecule has 0 saturated heterocycles. The van der Waals surface area contributed by atoms with Gasteiger partial charge in [0.1, 0.15) is 11.8 Å². The number of ether oxygens (including phenoxy) is 1. The number of hydrogen-bond acceptors (Lipinski definition) is 4. The van der Waals surface area contributed by atoms with Crippen LogP contribution in [0.4, 0.5) is 0 Å². The minimum atomic E-state index is 0.284. The van der Waals surface area contributed by atoms with Crippen LogP contribution in [0.3, 0.4) is 0 Å². The van der Waals surface area contributed by atoms with Crippen molar-refractivity contribution >= 4 is 0 Å². The average molecular weight is 233 g/mol. The summed E-state index contributed by atoms with van der Waals surface area (Å²) in [7, 11) is 1.70. The zero-order valence-corrected chi connectivity index (χ0v) is 10.6. The first-order valence-electron chi connectivity index (χ1n) is 5.75. The molecule has 0 fully saturated rings. The molecule has 92 valence electrons. The largest absolute Gasteiger partial charge is 0.383 e. The fraction of sp³-hybridized carbons (Fsp3) is 0.538. The van der Waals surface area contributed by atoms with Gasteiger partial charge in [-0.3, -0.25) is 0 Å². The SMILES string of the molecule is COCC(NCc1cccnc1C#N)C(C)C. The van der Waals surface area contributed by atoms with Crippen molar-refractivity contribution in [2.75, 3.05) is 13.7 Å². The van der Waals surface area contributed by atoms with Gasteiger partial charge in [-0.05, 0) is 12.0 Å². The maximum atomic E-state index is 8.93. The first-order chi connectivity index (χ1) is 8.19. The molecule has 1 N–H and O–H groups in total. The Bertz CT molecular complexity index is 384. The molecule has 4 nitrogen and oxygen atoms in total. The number of nitriles is 1. The first-order valence-corrected chi connectivity index (χ1v) is 5.75. The van der Waals surface area contributed by atoms with Gasteiger partial charge >= 0.3 is 0 Å². The smallest absolute Gasteiger partial charge is 0.144 e. The second-order valence-electron chi connectivity index (χ2n) is 4.31. The molecule has 0 amide bonds. The molecule has 0 aliphatic rings. The molecule has 1 rings (SSSR count). The zero-order valence-electron chi connectivity index (χ0n) is 10.6. The Labute approximate surface area is 103 Å². The zero-order chi connectivity index (χ0) is 12.7. The van der Waals surface area contributed by atoms with Crippen molar-refractivity contribution in [2.45, 2.75) is 26.4 Å². The number of nitrogens with zero attached hydrogens (tertiary/aromatic N) is 2. The van der Waals surface area contributed by atoms with E-state index in [1.54, 1.807) is 13.3 Å². The minimum absolute atomic E-state index is 0.284. The van der Waals surface area contributed by atoms with E-state index in [1.807, 2.05) is 12.1 Å². The summed E-state index contributed by atoms with van der Waals surface area (Å²) in [5, 5.41) is 12.3. The van der Waals surface area contributed by atoms with Gasteiger partial charge in [-0.25, -0.2) is 4.98 Å². The summed E-state index contributed by atoms with van der Waals surface area (Å²) in [6, 6.07) is 6.15. The van der Waals surface area contributed by atoms with Crippen molar-refractivity contribution in [3.05, 3.63) is 29.6 Å². The number of hydrogen-bond donors (Lipinski definition) is 1. The predicted octanol–water partition coefficient (Wildman–Crippen LogP) is 1.71. The molecule has 1 heterocycles. The van der Waals surface area contributed by atoms with Gasteiger partial charge in [-0.1, -0.05) is 19.9 Å². The summed E-state index contributed by atoms with van der Waals surface area (Å²) < 4.78 is 5.17. The molecule has 1 aromatic heterocycles. The van der Waals surface area contributed by atoms with Crippen LogP contribution in [0.25, 0.3) is 0 Å². The molecule has 0 aliphatic heterocycles. The third-order valence-corrected chi connectivity index (χ3v) is 2.70. The molecule has 0 bridgehead atoms. The lowest BCUT2D eigenvalue weighted by molar-refractivity contribution is 0.146. The standard InChI is InChI=1S/C13H19N3O/c1-10(2)13(9-17-3)16-8-11-5-4-6-15-12(11)7-14/h4-6,10,13,16H,8-9H2,1-3H3. The van der Waals surface area contributed by atoms with Gasteiger partial charge < -0.3 is 10.1 Å². The fourth-order valence-corrected chi connectivity index (χ4v) is 1.59. The molecule has 0 aromatic carbocycles. The molecule has 0 aliphatic carbocycles. The van der Waals surface area contributed by atoms with Crippen molar-refractivity contribution in [3.63, 3.8) is 0 Å². The van der Waals surface area contributed by atoms with Gasteiger partial charge in [-0.15, -0.1) is 0 Å². The number of rotatable bonds is 6. The molecule has 0 spiro atoms. The Balaban J connectivity index is 2.62. The molecule has 4 heteroatoms. The maximum Gasteiger partial charge on any atom is 0.144 e. The van der Waals surface area contributed by atoms with Crippen molar-refractivity contribution in [1.82, 2.24) is 10.3 Å². The highest BCUT2D eigenvalue weighted by atomic mass is 16.5. The lowest BCUT2D eigenvalue weighted by atomic mass is 10.0. The molecule has 0 saturated carbocycles.